The largest absolute Gasteiger partial charge is 0.452 e. The van der Waals surface area contributed by atoms with Crippen LogP contribution in [0.2, 0.25) is 0 Å². The smallest absolute Gasteiger partial charge is 0.306 e. The van der Waals surface area contributed by atoms with Gasteiger partial charge in [-0.2, -0.15) is 10.1 Å². The van der Waals surface area contributed by atoms with Crippen LogP contribution in [0.1, 0.15) is 12.8 Å². The Hall–Kier alpha value is -3.75. The second kappa shape index (κ2) is 6.15. The van der Waals surface area contributed by atoms with Gasteiger partial charge in [0.15, 0.2) is 11.8 Å². The van der Waals surface area contributed by atoms with Crippen molar-refractivity contribution in [3.8, 4) is 11.1 Å². The predicted molar refractivity (Wildman–Crippen MR) is 100 cm³/mol. The van der Waals surface area contributed by atoms with Crippen molar-refractivity contribution in [1.29, 1.82) is 0 Å². The molecule has 1 N–H and O–H groups in total. The number of carbonyl (C=O) groups is 2. The van der Waals surface area contributed by atoms with Crippen molar-refractivity contribution in [2.24, 2.45) is 7.05 Å². The molecule has 0 spiro atoms. The fourth-order valence-electron chi connectivity index (χ4n) is 3.35. The first-order valence-electron chi connectivity index (χ1n) is 8.86. The van der Waals surface area contributed by atoms with Crippen molar-refractivity contribution >= 4 is 34.4 Å². The van der Waals surface area contributed by atoms with Crippen molar-refractivity contribution in [3.05, 3.63) is 42.7 Å². The van der Waals surface area contributed by atoms with Crippen LogP contribution >= 0.6 is 0 Å². The molecule has 0 saturated carbocycles. The molecule has 28 heavy (non-hydrogen) atoms. The number of ether oxygens (including phenoxy) is 1. The van der Waals surface area contributed by atoms with E-state index in [9.17, 15) is 9.59 Å². The lowest BCUT2D eigenvalue weighted by molar-refractivity contribution is -0.146. The van der Waals surface area contributed by atoms with Crippen LogP contribution in [0.4, 0.5) is 5.95 Å². The number of esters is 1. The van der Waals surface area contributed by atoms with E-state index in [-0.39, 0.29) is 18.3 Å². The second-order valence-corrected chi connectivity index (χ2v) is 6.70. The molecule has 0 bridgehead atoms. The summed E-state index contributed by atoms with van der Waals surface area (Å²) in [5.74, 6) is -0.602. The lowest BCUT2D eigenvalue weighted by Gasteiger charge is -2.06. The van der Waals surface area contributed by atoms with Crippen LogP contribution in [0, 0.1) is 0 Å². The van der Waals surface area contributed by atoms with E-state index in [1.165, 1.54) is 0 Å². The summed E-state index contributed by atoms with van der Waals surface area (Å²) >= 11 is 0. The van der Waals surface area contributed by atoms with Crippen molar-refractivity contribution < 1.29 is 14.3 Å². The number of nitrogens with zero attached hydrogens (tertiary/aromatic N) is 5. The van der Waals surface area contributed by atoms with E-state index in [1.807, 2.05) is 48.4 Å². The zero-order valence-electron chi connectivity index (χ0n) is 15.0. The zero-order valence-corrected chi connectivity index (χ0v) is 15.0. The number of nitrogens with one attached hydrogen (secondary N) is 1. The molecule has 3 aromatic heterocycles. The van der Waals surface area contributed by atoms with Gasteiger partial charge in [0.1, 0.15) is 0 Å². The SMILES string of the molecule is Cn1ncc2cc(-c3ccc4nc(NC(=O)[C@@H]5CCC(=O)O5)nn4c3)ccc21. The first-order chi connectivity index (χ1) is 13.6. The highest BCUT2D eigenvalue weighted by Crippen LogP contribution is 2.25. The molecule has 4 heterocycles. The first kappa shape index (κ1) is 16.4. The second-order valence-electron chi connectivity index (χ2n) is 6.70. The quantitative estimate of drug-likeness (QED) is 0.548. The Balaban J connectivity index is 1.42. The lowest BCUT2D eigenvalue weighted by Crippen LogP contribution is -2.27. The number of hydrogen-bond acceptors (Lipinski definition) is 6. The molecule has 1 saturated heterocycles. The molecule has 9 heteroatoms. The fraction of sp³-hybridized carbons (Fsp3) is 0.211. The fourth-order valence-corrected chi connectivity index (χ4v) is 3.35. The Morgan fingerprint density at radius 2 is 2.11 bits per heavy atom. The molecule has 1 amide bonds. The minimum Gasteiger partial charge on any atom is -0.452 e. The molecule has 0 radical (unpaired) electrons. The number of aromatic nitrogens is 5. The van der Waals surface area contributed by atoms with E-state index >= 15 is 0 Å². The maximum absolute atomic E-state index is 12.2. The van der Waals surface area contributed by atoms with Gasteiger partial charge in [0.25, 0.3) is 5.91 Å². The number of aryl methyl sites for hydroxylation is 1. The van der Waals surface area contributed by atoms with Crippen LogP contribution in [-0.4, -0.2) is 42.4 Å². The molecule has 5 rings (SSSR count). The molecule has 0 aliphatic carbocycles. The Labute approximate surface area is 158 Å². The number of amides is 1. The van der Waals surface area contributed by atoms with E-state index in [0.717, 1.165) is 22.0 Å². The van der Waals surface area contributed by atoms with Gasteiger partial charge in [-0.05, 0) is 29.8 Å². The minimum atomic E-state index is -0.777. The summed E-state index contributed by atoms with van der Waals surface area (Å²) in [5, 5.41) is 12.2. The van der Waals surface area contributed by atoms with Crippen molar-refractivity contribution in [2.45, 2.75) is 18.9 Å². The number of cyclic esters (lactones) is 1. The molecule has 1 aromatic carbocycles. The third-order valence-electron chi connectivity index (χ3n) is 4.82. The zero-order chi connectivity index (χ0) is 19.3. The Morgan fingerprint density at radius 3 is 2.93 bits per heavy atom. The van der Waals surface area contributed by atoms with E-state index in [2.05, 4.69) is 26.6 Å². The maximum Gasteiger partial charge on any atom is 0.306 e. The van der Waals surface area contributed by atoms with Gasteiger partial charge in [-0.3, -0.25) is 19.6 Å². The van der Waals surface area contributed by atoms with Gasteiger partial charge in [0, 0.05) is 37.0 Å². The number of carbonyl (C=O) groups excluding carboxylic acids is 2. The van der Waals surface area contributed by atoms with Crippen LogP contribution < -0.4 is 5.32 Å². The van der Waals surface area contributed by atoms with E-state index in [4.69, 9.17) is 4.74 Å². The number of fused-ring (bicyclic) bond motifs is 2. The van der Waals surface area contributed by atoms with Gasteiger partial charge in [0.05, 0.1) is 11.7 Å². The molecular weight excluding hydrogens is 360 g/mol. The number of anilines is 1. The van der Waals surface area contributed by atoms with Gasteiger partial charge >= 0.3 is 5.97 Å². The van der Waals surface area contributed by atoms with Crippen molar-refractivity contribution in [3.63, 3.8) is 0 Å². The van der Waals surface area contributed by atoms with Gasteiger partial charge in [-0.25, -0.2) is 4.52 Å². The first-order valence-corrected chi connectivity index (χ1v) is 8.86. The van der Waals surface area contributed by atoms with Gasteiger partial charge in [0.2, 0.25) is 5.95 Å². The standard InChI is InChI=1S/C19H16N6O3/c1-24-14-4-2-11(8-13(14)9-20-24)12-3-6-16-21-19(23-25(16)10-12)22-18(27)15-5-7-17(26)28-15/h2-4,6,8-10,15H,5,7H2,1H3,(H,22,23,27)/t15-/m0/s1. The summed E-state index contributed by atoms with van der Waals surface area (Å²) in [6.45, 7) is 0. The monoisotopic (exact) mass is 376 g/mol. The highest BCUT2D eigenvalue weighted by molar-refractivity contribution is 5.95. The average Bonchev–Trinajstić information content (AvgIpc) is 3.39. The molecule has 9 nitrogen and oxygen atoms in total. The molecule has 140 valence electrons. The van der Waals surface area contributed by atoms with Gasteiger partial charge < -0.3 is 4.74 Å². The lowest BCUT2D eigenvalue weighted by atomic mass is 10.1. The van der Waals surface area contributed by atoms with Gasteiger partial charge in [-0.15, -0.1) is 5.10 Å². The number of pyridine rings is 1. The van der Waals surface area contributed by atoms with Crippen molar-refractivity contribution in [1.82, 2.24) is 24.4 Å². The van der Waals surface area contributed by atoms with E-state index in [1.54, 1.807) is 4.52 Å². The molecule has 1 aliphatic heterocycles. The third-order valence-corrected chi connectivity index (χ3v) is 4.82. The van der Waals surface area contributed by atoms with Crippen LogP contribution in [0.25, 0.3) is 27.7 Å². The number of benzene rings is 1. The summed E-state index contributed by atoms with van der Waals surface area (Å²) in [5.41, 5.74) is 3.65. The Kier molecular flexibility index (Phi) is 3.61. The van der Waals surface area contributed by atoms with Crippen molar-refractivity contribution in [2.75, 3.05) is 5.32 Å². The summed E-state index contributed by atoms with van der Waals surface area (Å²) in [6.07, 6.45) is 3.53. The van der Waals surface area contributed by atoms with Crippen LogP contribution in [0.3, 0.4) is 0 Å². The highest BCUT2D eigenvalue weighted by Gasteiger charge is 2.30. The summed E-state index contributed by atoms with van der Waals surface area (Å²) in [7, 11) is 1.91. The van der Waals surface area contributed by atoms with E-state index < -0.39 is 12.0 Å². The third kappa shape index (κ3) is 2.77. The summed E-state index contributed by atoms with van der Waals surface area (Å²) in [6, 6.07) is 9.90. The molecular formula is C19H16N6O3. The summed E-state index contributed by atoms with van der Waals surface area (Å²) in [4.78, 5) is 27.6. The molecule has 1 atom stereocenters. The normalized spacial score (nSPS) is 16.6. The van der Waals surface area contributed by atoms with E-state index in [0.29, 0.717) is 12.1 Å². The molecule has 1 fully saturated rings. The highest BCUT2D eigenvalue weighted by atomic mass is 16.6. The van der Waals surface area contributed by atoms with Gasteiger partial charge in [-0.1, -0.05) is 6.07 Å². The predicted octanol–water partition coefficient (Wildman–Crippen LogP) is 1.93. The molecule has 0 unspecified atom stereocenters. The van der Waals surface area contributed by atoms with Crippen LogP contribution in [0.5, 0.6) is 0 Å². The number of rotatable bonds is 3. The topological polar surface area (TPSA) is 103 Å². The van der Waals surface area contributed by atoms with Crippen LogP contribution in [-0.2, 0) is 21.4 Å². The Morgan fingerprint density at radius 1 is 1.25 bits per heavy atom. The average molecular weight is 376 g/mol. The maximum atomic E-state index is 12.2. The van der Waals surface area contributed by atoms with Crippen LogP contribution in [0.15, 0.2) is 42.7 Å². The number of hydrogen-bond donors (Lipinski definition) is 1. The Bertz CT molecular complexity index is 1240. The molecule has 4 aromatic rings. The molecule has 1 aliphatic rings. The summed E-state index contributed by atoms with van der Waals surface area (Å²) < 4.78 is 8.40. The minimum absolute atomic E-state index is 0.174.